The zero-order chi connectivity index (χ0) is 15.5. The van der Waals surface area contributed by atoms with Gasteiger partial charge in [0, 0.05) is 30.3 Å². The molecule has 4 fully saturated rings. The molecule has 3 saturated heterocycles. The minimum Gasteiger partial charge on any atom is -0.454 e. The van der Waals surface area contributed by atoms with Crippen molar-refractivity contribution in [2.24, 2.45) is 5.41 Å². The third kappa shape index (κ3) is 1.19. The molecule has 126 valence electrons. The highest BCUT2D eigenvalue weighted by Gasteiger charge is 2.71. The highest BCUT2D eigenvalue weighted by molar-refractivity contribution is 5.72. The van der Waals surface area contributed by atoms with E-state index in [0.29, 0.717) is 23.7 Å². The van der Waals surface area contributed by atoms with Gasteiger partial charge in [0.2, 0.25) is 6.79 Å². The van der Waals surface area contributed by atoms with E-state index in [4.69, 9.17) is 9.47 Å². The molecule has 0 N–H and O–H groups in total. The monoisotopic (exact) mass is 324 g/mol. The van der Waals surface area contributed by atoms with E-state index in [1.165, 1.54) is 63.8 Å². The predicted molar refractivity (Wildman–Crippen MR) is 90.9 cm³/mol. The number of ether oxygens (including phenoxy) is 2. The molecule has 4 nitrogen and oxygen atoms in total. The van der Waals surface area contributed by atoms with Crippen LogP contribution in [-0.4, -0.2) is 42.9 Å². The number of fused-ring (bicyclic) bond motifs is 4. The maximum Gasteiger partial charge on any atom is 0.231 e. The highest BCUT2D eigenvalue weighted by atomic mass is 16.7. The van der Waals surface area contributed by atoms with Crippen LogP contribution in [0.5, 0.6) is 11.5 Å². The third-order valence-corrected chi connectivity index (χ3v) is 8.39. The van der Waals surface area contributed by atoms with E-state index in [2.05, 4.69) is 21.9 Å². The van der Waals surface area contributed by atoms with Gasteiger partial charge in [-0.25, -0.2) is 0 Å². The van der Waals surface area contributed by atoms with Crippen LogP contribution < -0.4 is 14.4 Å². The lowest BCUT2D eigenvalue weighted by Gasteiger charge is -2.62. The average Bonchev–Trinajstić information content (AvgIpc) is 3.24. The quantitative estimate of drug-likeness (QED) is 0.732. The Kier molecular flexibility index (Phi) is 2.08. The van der Waals surface area contributed by atoms with Crippen molar-refractivity contribution in [3.05, 3.63) is 17.7 Å². The topological polar surface area (TPSA) is 24.9 Å². The summed E-state index contributed by atoms with van der Waals surface area (Å²) in [5.41, 5.74) is 4.01. The Morgan fingerprint density at radius 3 is 2.83 bits per heavy atom. The summed E-state index contributed by atoms with van der Waals surface area (Å²) in [6, 6.07) is 5.41. The Hall–Kier alpha value is -1.42. The van der Waals surface area contributed by atoms with E-state index in [1.54, 1.807) is 5.56 Å². The van der Waals surface area contributed by atoms with Crippen LogP contribution >= 0.6 is 0 Å². The standard InChI is InChI=1S/C20H24N2O2/c1-3-19-4-5-20-14(2-8-21(7-1)18(19)20)13-10-16-17(24-12-23-16)11-15(13)22(20)9-6-19/h10-11,14,18H,1-9,12H2/t14?,18?,19-,20+/m0/s1. The van der Waals surface area contributed by atoms with Gasteiger partial charge in [-0.05, 0) is 68.7 Å². The summed E-state index contributed by atoms with van der Waals surface area (Å²) in [5, 5.41) is 0. The highest BCUT2D eigenvalue weighted by Crippen LogP contribution is 2.69. The van der Waals surface area contributed by atoms with Gasteiger partial charge in [0.05, 0.1) is 5.54 Å². The van der Waals surface area contributed by atoms with Crippen molar-refractivity contribution in [1.29, 1.82) is 0 Å². The van der Waals surface area contributed by atoms with Crippen molar-refractivity contribution < 1.29 is 9.47 Å². The maximum absolute atomic E-state index is 5.71. The van der Waals surface area contributed by atoms with Crippen molar-refractivity contribution in [2.45, 2.75) is 56.0 Å². The second-order valence-corrected chi connectivity index (χ2v) is 8.90. The molecule has 4 atom stereocenters. The van der Waals surface area contributed by atoms with Gasteiger partial charge in [-0.15, -0.1) is 0 Å². The van der Waals surface area contributed by atoms with E-state index >= 15 is 0 Å². The van der Waals surface area contributed by atoms with Crippen LogP contribution in [0.15, 0.2) is 12.1 Å². The van der Waals surface area contributed by atoms with E-state index in [0.717, 1.165) is 17.5 Å². The van der Waals surface area contributed by atoms with Crippen LogP contribution in [0.2, 0.25) is 0 Å². The van der Waals surface area contributed by atoms with Crippen LogP contribution in [-0.2, 0) is 0 Å². The summed E-state index contributed by atoms with van der Waals surface area (Å²) >= 11 is 0. The molecule has 2 bridgehead atoms. The molecule has 1 saturated carbocycles. The van der Waals surface area contributed by atoms with Crippen molar-refractivity contribution >= 4 is 5.69 Å². The average molecular weight is 324 g/mol. The third-order valence-electron chi connectivity index (χ3n) is 8.39. The largest absolute Gasteiger partial charge is 0.454 e. The lowest BCUT2D eigenvalue weighted by Crippen LogP contribution is -2.71. The minimum atomic E-state index is 0.369. The van der Waals surface area contributed by atoms with Crippen molar-refractivity contribution in [3.8, 4) is 11.5 Å². The van der Waals surface area contributed by atoms with Crippen molar-refractivity contribution in [3.63, 3.8) is 0 Å². The Morgan fingerprint density at radius 1 is 0.958 bits per heavy atom. The Bertz CT molecular complexity index is 729. The second-order valence-electron chi connectivity index (χ2n) is 8.90. The molecule has 0 amide bonds. The predicted octanol–water partition coefficient (Wildman–Crippen LogP) is 3.11. The van der Waals surface area contributed by atoms with Gasteiger partial charge in [0.25, 0.3) is 0 Å². The fourth-order valence-electron chi connectivity index (χ4n) is 7.76. The first-order chi connectivity index (χ1) is 11.8. The molecule has 5 heterocycles. The minimum absolute atomic E-state index is 0.369. The van der Waals surface area contributed by atoms with Crippen molar-refractivity contribution in [1.82, 2.24) is 4.90 Å². The number of nitrogens with zero attached hydrogens (tertiary/aromatic N) is 2. The van der Waals surface area contributed by atoms with E-state index in [1.807, 2.05) is 0 Å². The van der Waals surface area contributed by atoms with Gasteiger partial charge in [-0.3, -0.25) is 4.90 Å². The molecule has 2 unspecified atom stereocenters. The van der Waals surface area contributed by atoms with Gasteiger partial charge >= 0.3 is 0 Å². The summed E-state index contributed by atoms with van der Waals surface area (Å²) in [4.78, 5) is 5.70. The number of hydrogen-bond acceptors (Lipinski definition) is 4. The van der Waals surface area contributed by atoms with Crippen LogP contribution in [0, 0.1) is 5.41 Å². The van der Waals surface area contributed by atoms with E-state index in [9.17, 15) is 0 Å². The first kappa shape index (κ1) is 12.9. The summed E-state index contributed by atoms with van der Waals surface area (Å²) in [7, 11) is 0. The van der Waals surface area contributed by atoms with Crippen LogP contribution in [0.3, 0.4) is 0 Å². The molecule has 0 radical (unpaired) electrons. The first-order valence-corrected chi connectivity index (χ1v) is 9.77. The number of piperidine rings is 3. The Morgan fingerprint density at radius 2 is 1.88 bits per heavy atom. The van der Waals surface area contributed by atoms with Gasteiger partial charge in [-0.2, -0.15) is 0 Å². The Balaban J connectivity index is 1.47. The molecule has 1 aromatic rings. The molecule has 7 rings (SSSR count). The summed E-state index contributed by atoms with van der Waals surface area (Å²) in [5.74, 6) is 2.63. The molecule has 24 heavy (non-hydrogen) atoms. The molecule has 5 aliphatic heterocycles. The fraction of sp³-hybridized carbons (Fsp3) is 0.700. The maximum atomic E-state index is 5.71. The van der Waals surface area contributed by atoms with Gasteiger partial charge in [0.1, 0.15) is 0 Å². The van der Waals surface area contributed by atoms with Crippen LogP contribution in [0.25, 0.3) is 0 Å². The van der Waals surface area contributed by atoms with Gasteiger partial charge in [-0.1, -0.05) is 0 Å². The van der Waals surface area contributed by atoms with Gasteiger partial charge in [0.15, 0.2) is 11.5 Å². The molecule has 6 aliphatic rings. The molecule has 1 aromatic carbocycles. The zero-order valence-corrected chi connectivity index (χ0v) is 14.1. The number of benzene rings is 1. The lowest BCUT2D eigenvalue weighted by molar-refractivity contribution is -0.0452. The second kappa shape index (κ2) is 3.87. The van der Waals surface area contributed by atoms with Crippen molar-refractivity contribution in [2.75, 3.05) is 31.3 Å². The summed E-state index contributed by atoms with van der Waals surface area (Å²) in [6.45, 7) is 4.25. The first-order valence-electron chi connectivity index (χ1n) is 9.77. The number of hydrogen-bond donors (Lipinski definition) is 0. The molecule has 0 aromatic heterocycles. The van der Waals surface area contributed by atoms with Gasteiger partial charge < -0.3 is 14.4 Å². The molecular weight excluding hydrogens is 300 g/mol. The molecular formula is C20H24N2O2. The summed E-state index contributed by atoms with van der Waals surface area (Å²) in [6.07, 6.45) is 8.42. The molecule has 1 aliphatic carbocycles. The SMILES string of the molecule is c1c2c(cc3c1C1CCN4CCC[C@@]56CCN3[C@@]1(CC5)C46)OCO2. The normalized spacial score (nSPS) is 43.8. The van der Waals surface area contributed by atoms with E-state index < -0.39 is 0 Å². The van der Waals surface area contributed by atoms with Crippen LogP contribution in [0.1, 0.15) is 50.0 Å². The van der Waals surface area contributed by atoms with Crippen LogP contribution in [0.4, 0.5) is 5.69 Å². The molecule has 1 spiro atoms. The molecule has 4 heteroatoms. The number of anilines is 1. The zero-order valence-electron chi connectivity index (χ0n) is 14.1. The van der Waals surface area contributed by atoms with E-state index in [-0.39, 0.29) is 0 Å². The fourth-order valence-corrected chi connectivity index (χ4v) is 7.76. The smallest absolute Gasteiger partial charge is 0.231 e. The lowest BCUT2D eigenvalue weighted by atomic mass is 9.62. The summed E-state index contributed by atoms with van der Waals surface area (Å²) < 4.78 is 11.4. The Labute approximate surface area is 142 Å². The number of rotatable bonds is 0.